The van der Waals surface area contributed by atoms with Crippen LogP contribution in [0, 0.1) is 5.41 Å². The third-order valence-corrected chi connectivity index (χ3v) is 4.80. The highest BCUT2D eigenvalue weighted by atomic mass is 32.1. The lowest BCUT2D eigenvalue weighted by Crippen LogP contribution is -2.62. The summed E-state index contributed by atoms with van der Waals surface area (Å²) in [6.45, 7) is 6.71. The van der Waals surface area contributed by atoms with Gasteiger partial charge in [0.05, 0.1) is 11.7 Å². The van der Waals surface area contributed by atoms with Crippen LogP contribution < -0.4 is 10.6 Å². The average Bonchev–Trinajstić information content (AvgIpc) is 2.86. The standard InChI is InChI=1S/C14H20N2O4S/c1-4-20-10-7-9(14(10,2)3)15-13(19)16-11-8(12(17)18)5-6-21-11/h5-6,9-10H,4,7H2,1-3H3,(H,17,18)(H2,15,16,19). The van der Waals surface area contributed by atoms with Crippen molar-refractivity contribution < 1.29 is 19.4 Å². The highest BCUT2D eigenvalue weighted by molar-refractivity contribution is 7.14. The number of anilines is 1. The fourth-order valence-electron chi connectivity index (χ4n) is 2.49. The molecular weight excluding hydrogens is 292 g/mol. The van der Waals surface area contributed by atoms with Gasteiger partial charge in [-0.05, 0) is 24.8 Å². The van der Waals surface area contributed by atoms with Crippen molar-refractivity contribution in [1.82, 2.24) is 5.32 Å². The van der Waals surface area contributed by atoms with Gasteiger partial charge < -0.3 is 15.2 Å². The third kappa shape index (κ3) is 3.19. The minimum absolute atomic E-state index is 0.0160. The molecule has 0 radical (unpaired) electrons. The molecule has 1 aromatic heterocycles. The molecule has 1 aromatic rings. The fraction of sp³-hybridized carbons (Fsp3) is 0.571. The average molecular weight is 312 g/mol. The molecule has 2 amide bonds. The first-order valence-corrected chi connectivity index (χ1v) is 7.74. The predicted octanol–water partition coefficient (Wildman–Crippen LogP) is 2.77. The van der Waals surface area contributed by atoms with E-state index in [2.05, 4.69) is 24.5 Å². The van der Waals surface area contributed by atoms with Crippen LogP contribution in [0.4, 0.5) is 9.80 Å². The van der Waals surface area contributed by atoms with Crippen LogP contribution in [-0.4, -0.2) is 35.9 Å². The Morgan fingerprint density at radius 2 is 2.24 bits per heavy atom. The predicted molar refractivity (Wildman–Crippen MR) is 81.0 cm³/mol. The number of carboxylic acid groups (broad SMARTS) is 1. The highest BCUT2D eigenvalue weighted by Gasteiger charge is 2.49. The summed E-state index contributed by atoms with van der Waals surface area (Å²) in [7, 11) is 0. The first kappa shape index (κ1) is 15.8. The van der Waals surface area contributed by atoms with Gasteiger partial charge in [0.15, 0.2) is 0 Å². The van der Waals surface area contributed by atoms with E-state index < -0.39 is 5.97 Å². The molecule has 0 bridgehead atoms. The van der Waals surface area contributed by atoms with Crippen LogP contribution >= 0.6 is 11.3 Å². The number of carboxylic acids is 1. The van der Waals surface area contributed by atoms with E-state index >= 15 is 0 Å². The Kier molecular flexibility index (Phi) is 4.53. The van der Waals surface area contributed by atoms with E-state index in [1.807, 2.05) is 6.92 Å². The zero-order valence-electron chi connectivity index (χ0n) is 12.3. The first-order valence-electron chi connectivity index (χ1n) is 6.86. The van der Waals surface area contributed by atoms with Gasteiger partial charge in [0.1, 0.15) is 5.00 Å². The van der Waals surface area contributed by atoms with Crippen molar-refractivity contribution in [2.45, 2.75) is 39.3 Å². The second-order valence-corrected chi connectivity index (χ2v) is 6.54. The topological polar surface area (TPSA) is 87.7 Å². The molecule has 1 aliphatic rings. The minimum Gasteiger partial charge on any atom is -0.478 e. The van der Waals surface area contributed by atoms with E-state index in [0.717, 1.165) is 6.42 Å². The Morgan fingerprint density at radius 3 is 2.81 bits per heavy atom. The molecule has 6 nitrogen and oxygen atoms in total. The van der Waals surface area contributed by atoms with Gasteiger partial charge in [-0.1, -0.05) is 13.8 Å². The summed E-state index contributed by atoms with van der Waals surface area (Å²) in [4.78, 5) is 23.0. The molecule has 1 heterocycles. The van der Waals surface area contributed by atoms with Crippen LogP contribution in [0.3, 0.4) is 0 Å². The molecule has 7 heteroatoms. The molecule has 3 N–H and O–H groups in total. The normalized spacial score (nSPS) is 23.2. The van der Waals surface area contributed by atoms with E-state index in [4.69, 9.17) is 9.84 Å². The zero-order valence-corrected chi connectivity index (χ0v) is 13.1. The van der Waals surface area contributed by atoms with Gasteiger partial charge in [-0.25, -0.2) is 9.59 Å². The monoisotopic (exact) mass is 312 g/mol. The Bertz CT molecular complexity index is 541. The Morgan fingerprint density at radius 1 is 1.52 bits per heavy atom. The Labute approximate surface area is 127 Å². The maximum atomic E-state index is 12.0. The summed E-state index contributed by atoms with van der Waals surface area (Å²) >= 11 is 1.19. The number of carbonyl (C=O) groups excluding carboxylic acids is 1. The van der Waals surface area contributed by atoms with E-state index in [0.29, 0.717) is 11.6 Å². The molecule has 0 saturated heterocycles. The van der Waals surface area contributed by atoms with Crippen molar-refractivity contribution >= 4 is 28.3 Å². The van der Waals surface area contributed by atoms with Crippen LogP contribution in [-0.2, 0) is 4.74 Å². The molecule has 21 heavy (non-hydrogen) atoms. The van der Waals surface area contributed by atoms with E-state index in [9.17, 15) is 9.59 Å². The number of hydrogen-bond acceptors (Lipinski definition) is 4. The van der Waals surface area contributed by atoms with Crippen LogP contribution in [0.1, 0.15) is 37.6 Å². The van der Waals surface area contributed by atoms with Gasteiger partial charge in [-0.3, -0.25) is 5.32 Å². The summed E-state index contributed by atoms with van der Waals surface area (Å²) in [6, 6.07) is 1.11. The van der Waals surface area contributed by atoms with Gasteiger partial charge in [0, 0.05) is 18.1 Å². The highest BCUT2D eigenvalue weighted by Crippen LogP contribution is 2.42. The van der Waals surface area contributed by atoms with Gasteiger partial charge in [-0.2, -0.15) is 0 Å². The molecule has 0 spiro atoms. The van der Waals surface area contributed by atoms with Crippen LogP contribution in [0.2, 0.25) is 0 Å². The number of hydrogen-bond donors (Lipinski definition) is 3. The molecule has 0 aromatic carbocycles. The lowest BCUT2D eigenvalue weighted by molar-refractivity contribution is -0.110. The molecule has 1 aliphatic carbocycles. The van der Waals surface area contributed by atoms with E-state index in [1.165, 1.54) is 17.4 Å². The van der Waals surface area contributed by atoms with Gasteiger partial charge in [0.25, 0.3) is 0 Å². The number of urea groups is 1. The van der Waals surface area contributed by atoms with Crippen LogP contribution in [0.25, 0.3) is 0 Å². The summed E-state index contributed by atoms with van der Waals surface area (Å²) < 4.78 is 5.61. The lowest BCUT2D eigenvalue weighted by Gasteiger charge is -2.51. The summed E-state index contributed by atoms with van der Waals surface area (Å²) in [5.41, 5.74) is -0.0199. The van der Waals surface area contributed by atoms with Gasteiger partial charge in [-0.15, -0.1) is 11.3 Å². The minimum atomic E-state index is -1.05. The maximum absolute atomic E-state index is 12.0. The van der Waals surface area contributed by atoms with Crippen molar-refractivity contribution in [2.75, 3.05) is 11.9 Å². The number of ether oxygens (including phenoxy) is 1. The molecule has 1 saturated carbocycles. The Balaban J connectivity index is 1.91. The molecule has 2 unspecified atom stereocenters. The fourth-order valence-corrected chi connectivity index (χ4v) is 3.26. The van der Waals surface area contributed by atoms with Gasteiger partial charge in [0.2, 0.25) is 0 Å². The third-order valence-electron chi connectivity index (χ3n) is 3.97. The van der Waals surface area contributed by atoms with Crippen molar-refractivity contribution in [1.29, 1.82) is 0 Å². The molecule has 1 fully saturated rings. The zero-order chi connectivity index (χ0) is 15.6. The van der Waals surface area contributed by atoms with Crippen LogP contribution in [0.15, 0.2) is 11.4 Å². The Hall–Kier alpha value is -1.60. The second kappa shape index (κ2) is 6.03. The summed E-state index contributed by atoms with van der Waals surface area (Å²) in [5.74, 6) is -1.05. The number of thiophene rings is 1. The summed E-state index contributed by atoms with van der Waals surface area (Å²) in [6.07, 6.45) is 0.911. The first-order chi connectivity index (χ1) is 9.86. The SMILES string of the molecule is CCOC1CC(NC(=O)Nc2sccc2C(=O)O)C1(C)C. The molecular formula is C14H20N2O4S. The molecule has 2 rings (SSSR count). The van der Waals surface area contributed by atoms with Crippen molar-refractivity contribution in [3.05, 3.63) is 17.0 Å². The largest absolute Gasteiger partial charge is 0.478 e. The molecule has 0 aliphatic heterocycles. The maximum Gasteiger partial charge on any atom is 0.338 e. The van der Waals surface area contributed by atoms with Crippen LogP contribution in [0.5, 0.6) is 0 Å². The number of rotatable bonds is 5. The van der Waals surface area contributed by atoms with Crippen molar-refractivity contribution in [2.24, 2.45) is 5.41 Å². The summed E-state index contributed by atoms with van der Waals surface area (Å²) in [5, 5.41) is 16.5. The quantitative estimate of drug-likeness (QED) is 0.780. The number of nitrogens with one attached hydrogen (secondary N) is 2. The molecule has 116 valence electrons. The number of aromatic carboxylic acids is 1. The van der Waals surface area contributed by atoms with E-state index in [1.54, 1.807) is 5.38 Å². The second-order valence-electron chi connectivity index (χ2n) is 5.62. The number of amides is 2. The molecule has 2 atom stereocenters. The smallest absolute Gasteiger partial charge is 0.338 e. The lowest BCUT2D eigenvalue weighted by atomic mass is 9.64. The number of carbonyl (C=O) groups is 2. The van der Waals surface area contributed by atoms with Crippen molar-refractivity contribution in [3.63, 3.8) is 0 Å². The van der Waals surface area contributed by atoms with Gasteiger partial charge >= 0.3 is 12.0 Å². The van der Waals surface area contributed by atoms with E-state index in [-0.39, 0.29) is 29.2 Å². The van der Waals surface area contributed by atoms with Crippen molar-refractivity contribution in [3.8, 4) is 0 Å².